The molecule has 1 saturated heterocycles. The number of nitrogens with zero attached hydrogens (tertiary/aromatic N) is 2. The van der Waals surface area contributed by atoms with E-state index in [-0.39, 0.29) is 11.9 Å². The van der Waals surface area contributed by atoms with E-state index in [2.05, 4.69) is 4.90 Å². The third kappa shape index (κ3) is 2.63. The van der Waals surface area contributed by atoms with Gasteiger partial charge in [-0.2, -0.15) is 0 Å². The maximum absolute atomic E-state index is 11.9. The average molecular weight is 290 g/mol. The molecule has 0 spiro atoms. The number of rotatable bonds is 1. The first-order chi connectivity index (χ1) is 10.1. The van der Waals surface area contributed by atoms with E-state index in [9.17, 15) is 9.90 Å². The molecule has 21 heavy (non-hydrogen) atoms. The average Bonchev–Trinajstić information content (AvgIpc) is 2.47. The van der Waals surface area contributed by atoms with Crippen LogP contribution in [0, 0.1) is 0 Å². The van der Waals surface area contributed by atoms with Crippen molar-refractivity contribution in [3.63, 3.8) is 0 Å². The number of morpholine rings is 1. The van der Waals surface area contributed by atoms with Crippen LogP contribution in [0.3, 0.4) is 0 Å². The number of carbonyl (C=O) groups is 1. The molecule has 2 aliphatic rings. The normalized spacial score (nSPS) is 25.7. The van der Waals surface area contributed by atoms with Crippen LogP contribution in [0.15, 0.2) is 18.2 Å². The van der Waals surface area contributed by atoms with Crippen LogP contribution in [0.1, 0.15) is 31.9 Å². The highest BCUT2D eigenvalue weighted by molar-refractivity contribution is 5.94. The summed E-state index contributed by atoms with van der Waals surface area (Å²) in [6.45, 7) is 6.74. The van der Waals surface area contributed by atoms with Crippen molar-refractivity contribution < 1.29 is 14.6 Å². The van der Waals surface area contributed by atoms with Crippen molar-refractivity contribution in [3.8, 4) is 0 Å². The molecule has 1 aromatic rings. The molecule has 1 aromatic carbocycles. The van der Waals surface area contributed by atoms with Crippen LogP contribution in [0.25, 0.3) is 0 Å². The fraction of sp³-hybridized carbons (Fsp3) is 0.562. The first kappa shape index (κ1) is 14.4. The summed E-state index contributed by atoms with van der Waals surface area (Å²) in [5.74, 6) is 0.0229. The van der Waals surface area contributed by atoms with Gasteiger partial charge in [0.2, 0.25) is 5.91 Å². The van der Waals surface area contributed by atoms with Gasteiger partial charge in [-0.05, 0) is 31.5 Å². The maximum Gasteiger partial charge on any atom is 0.224 e. The lowest BCUT2D eigenvalue weighted by molar-refractivity contribution is -0.117. The smallest absolute Gasteiger partial charge is 0.224 e. The Morgan fingerprint density at radius 1 is 1.33 bits per heavy atom. The van der Waals surface area contributed by atoms with Crippen LogP contribution in [-0.2, 0) is 9.53 Å². The monoisotopic (exact) mass is 290 g/mol. The van der Waals surface area contributed by atoms with Crippen LogP contribution >= 0.6 is 0 Å². The molecule has 3 rings (SSSR count). The number of aliphatic hydroxyl groups is 1. The molecule has 2 aliphatic heterocycles. The van der Waals surface area contributed by atoms with Gasteiger partial charge in [-0.25, -0.2) is 0 Å². The van der Waals surface area contributed by atoms with Gasteiger partial charge >= 0.3 is 0 Å². The Hall–Kier alpha value is -1.59. The van der Waals surface area contributed by atoms with Crippen molar-refractivity contribution in [1.29, 1.82) is 0 Å². The number of ether oxygens (including phenoxy) is 1. The molecule has 0 bridgehead atoms. The number of fused-ring (bicyclic) bond motifs is 1. The molecule has 0 aromatic heterocycles. The van der Waals surface area contributed by atoms with Crippen molar-refractivity contribution >= 4 is 17.3 Å². The molecule has 0 aliphatic carbocycles. The molecule has 0 unspecified atom stereocenters. The number of anilines is 2. The lowest BCUT2D eigenvalue weighted by Crippen LogP contribution is -2.42. The summed E-state index contributed by atoms with van der Waals surface area (Å²) in [5.41, 5.74) is 2.78. The van der Waals surface area contributed by atoms with Gasteiger partial charge in [-0.15, -0.1) is 0 Å². The zero-order chi connectivity index (χ0) is 15.0. The summed E-state index contributed by atoms with van der Waals surface area (Å²) in [4.78, 5) is 15.9. The van der Waals surface area contributed by atoms with Gasteiger partial charge in [-0.1, -0.05) is 0 Å². The Morgan fingerprint density at radius 2 is 2.05 bits per heavy atom. The standard InChI is InChI=1S/C16H22N2O3/c1-11-9-16(20)14-10-13(17-5-7-21-8-6-17)3-4-15(14)18(11)12(2)19/h3-4,10-11,16,20H,5-9H2,1-2H3/t11-,16+/m0/s1. The van der Waals surface area contributed by atoms with Gasteiger partial charge in [0.15, 0.2) is 0 Å². The van der Waals surface area contributed by atoms with Gasteiger partial charge in [0.05, 0.1) is 19.3 Å². The summed E-state index contributed by atoms with van der Waals surface area (Å²) in [6.07, 6.45) is 0.0747. The molecule has 0 saturated carbocycles. The van der Waals surface area contributed by atoms with E-state index in [1.165, 1.54) is 0 Å². The van der Waals surface area contributed by atoms with Crippen molar-refractivity contribution in [3.05, 3.63) is 23.8 Å². The topological polar surface area (TPSA) is 53.0 Å². The molecule has 1 amide bonds. The predicted molar refractivity (Wildman–Crippen MR) is 81.7 cm³/mol. The van der Waals surface area contributed by atoms with Crippen molar-refractivity contribution in [2.24, 2.45) is 0 Å². The van der Waals surface area contributed by atoms with E-state index in [1.807, 2.05) is 25.1 Å². The highest BCUT2D eigenvalue weighted by Gasteiger charge is 2.31. The molecule has 5 heteroatoms. The second kappa shape index (κ2) is 5.66. The van der Waals surface area contributed by atoms with E-state index in [0.29, 0.717) is 6.42 Å². The van der Waals surface area contributed by atoms with Gasteiger partial charge in [0.25, 0.3) is 0 Å². The zero-order valence-corrected chi connectivity index (χ0v) is 12.6. The SMILES string of the molecule is CC(=O)N1c2ccc(N3CCOCC3)cc2[C@H](O)C[C@@H]1C. The van der Waals surface area contributed by atoms with Crippen molar-refractivity contribution in [2.75, 3.05) is 36.1 Å². The maximum atomic E-state index is 11.9. The van der Waals surface area contributed by atoms with Crippen LogP contribution in [0.2, 0.25) is 0 Å². The predicted octanol–water partition coefficient (Wildman–Crippen LogP) is 1.70. The molecule has 1 N–H and O–H groups in total. The molecule has 0 radical (unpaired) electrons. The van der Waals surface area contributed by atoms with Gasteiger partial charge in [-0.3, -0.25) is 4.79 Å². The van der Waals surface area contributed by atoms with E-state index in [1.54, 1.807) is 11.8 Å². The van der Waals surface area contributed by atoms with Crippen LogP contribution < -0.4 is 9.80 Å². The fourth-order valence-corrected chi connectivity index (χ4v) is 3.32. The molecule has 1 fully saturated rings. The van der Waals surface area contributed by atoms with E-state index >= 15 is 0 Å². The second-order valence-electron chi connectivity index (χ2n) is 5.83. The van der Waals surface area contributed by atoms with E-state index in [4.69, 9.17) is 4.74 Å². The van der Waals surface area contributed by atoms with Crippen LogP contribution in [0.4, 0.5) is 11.4 Å². The molecule has 114 valence electrons. The molecule has 5 nitrogen and oxygen atoms in total. The van der Waals surface area contributed by atoms with E-state index in [0.717, 1.165) is 43.2 Å². The fourth-order valence-electron chi connectivity index (χ4n) is 3.32. The molecular formula is C16H22N2O3. The molecular weight excluding hydrogens is 268 g/mol. The Balaban J connectivity index is 1.96. The number of aliphatic hydroxyl groups excluding tert-OH is 1. The number of carbonyl (C=O) groups excluding carboxylic acids is 1. The van der Waals surface area contributed by atoms with Crippen molar-refractivity contribution in [2.45, 2.75) is 32.4 Å². The van der Waals surface area contributed by atoms with Crippen molar-refractivity contribution in [1.82, 2.24) is 0 Å². The Bertz CT molecular complexity index is 540. The largest absolute Gasteiger partial charge is 0.388 e. The summed E-state index contributed by atoms with van der Waals surface area (Å²) in [6, 6.07) is 6.04. The number of amides is 1. The lowest BCUT2D eigenvalue weighted by atomic mass is 9.93. The third-order valence-electron chi connectivity index (χ3n) is 4.35. The Labute approximate surface area is 125 Å². The number of benzene rings is 1. The summed E-state index contributed by atoms with van der Waals surface area (Å²) in [5, 5.41) is 10.4. The summed E-state index contributed by atoms with van der Waals surface area (Å²) in [7, 11) is 0. The first-order valence-electron chi connectivity index (χ1n) is 7.52. The quantitative estimate of drug-likeness (QED) is 0.855. The minimum atomic E-state index is -0.508. The van der Waals surface area contributed by atoms with Gasteiger partial charge in [0, 0.05) is 43.0 Å². The lowest BCUT2D eigenvalue weighted by Gasteiger charge is -2.38. The number of hydrogen-bond donors (Lipinski definition) is 1. The summed E-state index contributed by atoms with van der Waals surface area (Å²) >= 11 is 0. The van der Waals surface area contributed by atoms with Crippen LogP contribution in [-0.4, -0.2) is 43.4 Å². The molecule has 2 atom stereocenters. The second-order valence-corrected chi connectivity index (χ2v) is 5.83. The van der Waals surface area contributed by atoms with Gasteiger partial charge < -0.3 is 19.6 Å². The highest BCUT2D eigenvalue weighted by atomic mass is 16.5. The Morgan fingerprint density at radius 3 is 2.71 bits per heavy atom. The minimum Gasteiger partial charge on any atom is -0.388 e. The summed E-state index contributed by atoms with van der Waals surface area (Å²) < 4.78 is 5.37. The third-order valence-corrected chi connectivity index (χ3v) is 4.35. The van der Waals surface area contributed by atoms with Crippen LogP contribution in [0.5, 0.6) is 0 Å². The minimum absolute atomic E-state index is 0.0229. The van der Waals surface area contributed by atoms with E-state index < -0.39 is 6.10 Å². The first-order valence-corrected chi connectivity index (χ1v) is 7.52. The number of hydrogen-bond acceptors (Lipinski definition) is 4. The Kier molecular flexibility index (Phi) is 3.87. The van der Waals surface area contributed by atoms with Gasteiger partial charge in [0.1, 0.15) is 0 Å². The highest BCUT2D eigenvalue weighted by Crippen LogP contribution is 2.39. The zero-order valence-electron chi connectivity index (χ0n) is 12.6. The molecule has 2 heterocycles.